The number of sulfonamides is 1. The summed E-state index contributed by atoms with van der Waals surface area (Å²) in [6, 6.07) is 11.7. The van der Waals surface area contributed by atoms with Crippen LogP contribution < -0.4 is 11.1 Å². The first-order valence-corrected chi connectivity index (χ1v) is 11.2. The Morgan fingerprint density at radius 1 is 0.933 bits per heavy atom. The number of halogens is 2. The Hall–Kier alpha value is -2.17. The summed E-state index contributed by atoms with van der Waals surface area (Å²) in [5, 5.41) is 2.21. The number of urea groups is 1. The van der Waals surface area contributed by atoms with Crippen molar-refractivity contribution in [3.63, 3.8) is 0 Å². The van der Waals surface area contributed by atoms with Gasteiger partial charge in [0.05, 0.1) is 10.0 Å². The number of benzene rings is 2. The second kappa shape index (κ2) is 9.32. The van der Waals surface area contributed by atoms with Gasteiger partial charge in [-0.2, -0.15) is 4.31 Å². The normalized spacial score (nSPS) is 16.7. The molecule has 0 radical (unpaired) electrons. The minimum absolute atomic E-state index is 0.0490. The van der Waals surface area contributed by atoms with Gasteiger partial charge >= 0.3 is 6.03 Å². The minimum atomic E-state index is -3.91. The second-order valence-corrected chi connectivity index (χ2v) is 9.35. The lowest BCUT2D eigenvalue weighted by Crippen LogP contribution is -2.53. The highest BCUT2D eigenvalue weighted by atomic mass is 35.5. The van der Waals surface area contributed by atoms with Crippen molar-refractivity contribution in [2.45, 2.75) is 10.9 Å². The van der Waals surface area contributed by atoms with Crippen molar-refractivity contribution < 1.29 is 18.0 Å². The number of imide groups is 1. The fourth-order valence-corrected chi connectivity index (χ4v) is 5.93. The number of amides is 3. The summed E-state index contributed by atoms with van der Waals surface area (Å²) in [6.45, 7) is 0.758. The molecule has 2 aromatic rings. The highest BCUT2D eigenvalue weighted by Gasteiger charge is 2.36. The van der Waals surface area contributed by atoms with Gasteiger partial charge in [0.1, 0.15) is 10.9 Å². The van der Waals surface area contributed by atoms with Crippen LogP contribution in [0.25, 0.3) is 0 Å². The standard InChI is InChI=1S/C19H20Cl2N4O4S/c20-14-7-4-8-15(21)17(14)30(28,29)25-11-9-24(10-12-25)16(18(26)23-19(22)27)13-5-2-1-3-6-13/h1-8,16H,9-12H2,(H3,22,23,26,27). The van der Waals surface area contributed by atoms with Gasteiger partial charge in [-0.15, -0.1) is 0 Å². The van der Waals surface area contributed by atoms with Crippen LogP contribution in [0, 0.1) is 0 Å². The van der Waals surface area contributed by atoms with E-state index in [9.17, 15) is 18.0 Å². The minimum Gasteiger partial charge on any atom is -0.351 e. The largest absolute Gasteiger partial charge is 0.351 e. The summed E-state index contributed by atoms with van der Waals surface area (Å²) < 4.78 is 27.4. The third kappa shape index (κ3) is 4.76. The molecule has 1 aliphatic heterocycles. The van der Waals surface area contributed by atoms with Gasteiger partial charge in [-0.05, 0) is 17.7 Å². The van der Waals surface area contributed by atoms with Crippen LogP contribution in [-0.2, 0) is 14.8 Å². The molecule has 1 heterocycles. The molecule has 3 N–H and O–H groups in total. The van der Waals surface area contributed by atoms with E-state index in [0.29, 0.717) is 5.56 Å². The Bertz CT molecular complexity index is 1020. The highest BCUT2D eigenvalue weighted by molar-refractivity contribution is 7.89. The number of nitrogens with zero attached hydrogens (tertiary/aromatic N) is 2. The lowest BCUT2D eigenvalue weighted by Gasteiger charge is -2.38. The van der Waals surface area contributed by atoms with Crippen LogP contribution in [0.15, 0.2) is 53.4 Å². The maximum atomic E-state index is 13.1. The molecular formula is C19H20Cl2N4O4S. The first kappa shape index (κ1) is 22.5. The van der Waals surface area contributed by atoms with Crippen LogP contribution >= 0.6 is 23.2 Å². The van der Waals surface area contributed by atoms with Crippen LogP contribution in [0.5, 0.6) is 0 Å². The Labute approximate surface area is 184 Å². The summed E-state index contributed by atoms with van der Waals surface area (Å²) in [7, 11) is -3.91. The lowest BCUT2D eigenvalue weighted by molar-refractivity contribution is -0.126. The number of carbonyl (C=O) groups excluding carboxylic acids is 2. The molecule has 1 unspecified atom stereocenters. The van der Waals surface area contributed by atoms with Crippen LogP contribution in [0.4, 0.5) is 4.79 Å². The van der Waals surface area contributed by atoms with E-state index in [1.807, 2.05) is 6.07 Å². The van der Waals surface area contributed by atoms with E-state index in [1.54, 1.807) is 35.2 Å². The number of rotatable bonds is 5. The summed E-state index contributed by atoms with van der Waals surface area (Å²) in [4.78, 5) is 25.5. The number of hydrogen-bond donors (Lipinski definition) is 2. The number of nitrogens with two attached hydrogens (primary N) is 1. The maximum Gasteiger partial charge on any atom is 0.318 e. The molecule has 160 valence electrons. The SMILES string of the molecule is NC(=O)NC(=O)C(c1ccccc1)N1CCN(S(=O)(=O)c2c(Cl)cccc2Cl)CC1. The number of piperazine rings is 1. The Kier molecular flexibility index (Phi) is 6.99. The maximum absolute atomic E-state index is 13.1. The van der Waals surface area contributed by atoms with Crippen molar-refractivity contribution >= 4 is 45.2 Å². The Morgan fingerprint density at radius 3 is 2.03 bits per heavy atom. The fourth-order valence-electron chi connectivity index (χ4n) is 3.41. The van der Waals surface area contributed by atoms with Crippen LogP contribution in [0.1, 0.15) is 11.6 Å². The van der Waals surface area contributed by atoms with Gasteiger partial charge in [-0.3, -0.25) is 15.0 Å². The fraction of sp³-hybridized carbons (Fsp3) is 0.263. The number of carbonyl (C=O) groups is 2. The van der Waals surface area contributed by atoms with Gasteiger partial charge in [0.25, 0.3) is 0 Å². The molecule has 1 aliphatic rings. The zero-order valence-corrected chi connectivity index (χ0v) is 18.1. The van der Waals surface area contributed by atoms with Gasteiger partial charge in [-0.25, -0.2) is 13.2 Å². The molecule has 0 aliphatic carbocycles. The van der Waals surface area contributed by atoms with Crippen molar-refractivity contribution in [1.29, 1.82) is 0 Å². The molecule has 1 fully saturated rings. The van der Waals surface area contributed by atoms with Gasteiger partial charge in [0, 0.05) is 26.2 Å². The van der Waals surface area contributed by atoms with Gasteiger partial charge in [-0.1, -0.05) is 59.6 Å². The van der Waals surface area contributed by atoms with Crippen molar-refractivity contribution in [2.75, 3.05) is 26.2 Å². The van der Waals surface area contributed by atoms with Gasteiger partial charge in [0.15, 0.2) is 0 Å². The average molecular weight is 471 g/mol. The zero-order chi connectivity index (χ0) is 21.9. The molecular weight excluding hydrogens is 451 g/mol. The van der Waals surface area contributed by atoms with E-state index < -0.39 is 28.0 Å². The topological polar surface area (TPSA) is 113 Å². The predicted molar refractivity (Wildman–Crippen MR) is 114 cm³/mol. The molecule has 1 atom stereocenters. The molecule has 0 bridgehead atoms. The van der Waals surface area contributed by atoms with E-state index in [4.69, 9.17) is 28.9 Å². The summed E-state index contributed by atoms with van der Waals surface area (Å²) in [5.74, 6) is -0.570. The van der Waals surface area contributed by atoms with Gasteiger partial charge < -0.3 is 5.73 Å². The molecule has 1 saturated heterocycles. The number of primary amides is 1. The number of hydrogen-bond acceptors (Lipinski definition) is 5. The van der Waals surface area contributed by atoms with Crippen molar-refractivity contribution in [2.24, 2.45) is 5.73 Å². The second-order valence-electron chi connectivity index (χ2n) is 6.66. The van der Waals surface area contributed by atoms with E-state index in [-0.39, 0.29) is 41.1 Å². The summed E-state index contributed by atoms with van der Waals surface area (Å²) in [5.41, 5.74) is 5.78. The molecule has 3 rings (SSSR count). The monoisotopic (exact) mass is 470 g/mol. The first-order valence-electron chi connectivity index (χ1n) is 9.05. The highest BCUT2D eigenvalue weighted by Crippen LogP contribution is 2.32. The van der Waals surface area contributed by atoms with Crippen LogP contribution in [0.3, 0.4) is 0 Å². The van der Waals surface area contributed by atoms with E-state index >= 15 is 0 Å². The Morgan fingerprint density at radius 2 is 1.50 bits per heavy atom. The van der Waals surface area contributed by atoms with E-state index in [0.717, 1.165) is 0 Å². The Balaban J connectivity index is 1.81. The van der Waals surface area contributed by atoms with Crippen molar-refractivity contribution in [3.8, 4) is 0 Å². The molecule has 8 nitrogen and oxygen atoms in total. The van der Waals surface area contributed by atoms with Crippen LogP contribution in [-0.4, -0.2) is 55.7 Å². The third-order valence-electron chi connectivity index (χ3n) is 4.77. The molecule has 3 amide bonds. The molecule has 0 saturated carbocycles. The lowest BCUT2D eigenvalue weighted by atomic mass is 10.0. The molecule has 0 spiro atoms. The van der Waals surface area contributed by atoms with Crippen molar-refractivity contribution in [1.82, 2.24) is 14.5 Å². The zero-order valence-electron chi connectivity index (χ0n) is 15.8. The smallest absolute Gasteiger partial charge is 0.318 e. The van der Waals surface area contributed by atoms with Crippen molar-refractivity contribution in [3.05, 3.63) is 64.1 Å². The predicted octanol–water partition coefficient (Wildman–Crippen LogP) is 2.24. The average Bonchev–Trinajstić information content (AvgIpc) is 2.68. The van der Waals surface area contributed by atoms with E-state index in [1.165, 1.54) is 16.4 Å². The quantitative estimate of drug-likeness (QED) is 0.695. The van der Waals surface area contributed by atoms with Gasteiger partial charge in [0.2, 0.25) is 15.9 Å². The van der Waals surface area contributed by atoms with E-state index in [2.05, 4.69) is 5.32 Å². The number of nitrogens with one attached hydrogen (secondary N) is 1. The third-order valence-corrected chi connectivity index (χ3v) is 7.62. The summed E-state index contributed by atoms with van der Waals surface area (Å²) in [6.07, 6.45) is 0. The molecule has 11 heteroatoms. The first-order chi connectivity index (χ1) is 14.2. The molecule has 0 aromatic heterocycles. The van der Waals surface area contributed by atoms with Crippen LogP contribution in [0.2, 0.25) is 10.0 Å². The molecule has 30 heavy (non-hydrogen) atoms. The summed E-state index contributed by atoms with van der Waals surface area (Å²) >= 11 is 12.2. The molecule has 2 aromatic carbocycles.